The molecule has 0 bridgehead atoms. The van der Waals surface area contributed by atoms with E-state index in [0.29, 0.717) is 23.2 Å². The van der Waals surface area contributed by atoms with Crippen LogP contribution in [-0.4, -0.2) is 52.7 Å². The lowest BCUT2D eigenvalue weighted by molar-refractivity contribution is -0.139. The average molecular weight is 484 g/mol. The van der Waals surface area contributed by atoms with Crippen LogP contribution in [0, 0.1) is 0 Å². The van der Waals surface area contributed by atoms with Crippen LogP contribution in [-0.2, 0) is 20.9 Å². The molecule has 7 nitrogen and oxygen atoms in total. The minimum Gasteiger partial charge on any atom is -0.462 e. The van der Waals surface area contributed by atoms with Crippen molar-refractivity contribution >= 4 is 32.4 Å². The average Bonchev–Trinajstić information content (AvgIpc) is 3.25. The highest BCUT2D eigenvalue weighted by Gasteiger charge is 2.37. The van der Waals surface area contributed by atoms with Gasteiger partial charge in [0.25, 0.3) is 10.0 Å². The Balaban J connectivity index is 1.52. The summed E-state index contributed by atoms with van der Waals surface area (Å²) >= 11 is 0. The van der Waals surface area contributed by atoms with Crippen molar-refractivity contribution in [3.8, 4) is 0 Å². The summed E-state index contributed by atoms with van der Waals surface area (Å²) in [7, 11) is -4.48. The Labute approximate surface area is 189 Å². The lowest BCUT2D eigenvalue weighted by Gasteiger charge is -2.26. The molecule has 11 heteroatoms. The number of alkyl halides is 3. The third-order valence-electron chi connectivity index (χ3n) is 5.36. The molecule has 1 saturated heterocycles. The van der Waals surface area contributed by atoms with Crippen molar-refractivity contribution in [2.24, 2.45) is 0 Å². The molecule has 178 valence electrons. The summed E-state index contributed by atoms with van der Waals surface area (Å²) in [6, 6.07) is 8.79. The number of hydrogen-bond donors (Lipinski definition) is 2. The molecule has 0 amide bonds. The molecule has 2 heterocycles. The molecule has 1 aliphatic rings. The van der Waals surface area contributed by atoms with Crippen molar-refractivity contribution in [2.45, 2.75) is 17.5 Å². The van der Waals surface area contributed by atoms with E-state index in [0.717, 1.165) is 57.5 Å². The molecule has 1 aromatic heterocycles. The number of fused-ring (bicyclic) bond motifs is 1. The number of nitrogens with zero attached hydrogens (tertiary/aromatic N) is 1. The first-order valence-electron chi connectivity index (χ1n) is 10.5. The lowest BCUT2D eigenvalue weighted by Crippen LogP contribution is -2.37. The van der Waals surface area contributed by atoms with Crippen LogP contribution in [0.25, 0.3) is 11.0 Å². The Morgan fingerprint density at radius 1 is 1.06 bits per heavy atom. The quantitative estimate of drug-likeness (QED) is 0.463. The first kappa shape index (κ1) is 23.4. The van der Waals surface area contributed by atoms with Crippen molar-refractivity contribution in [3.05, 3.63) is 54.3 Å². The molecule has 0 spiro atoms. The zero-order valence-electron chi connectivity index (χ0n) is 17.7. The topological polar surface area (TPSA) is 83.8 Å². The van der Waals surface area contributed by atoms with Gasteiger partial charge < -0.3 is 14.5 Å². The highest BCUT2D eigenvalue weighted by atomic mass is 32.2. The molecular formula is C22H24F3N3O4S. The number of rotatable bonds is 8. The van der Waals surface area contributed by atoms with Gasteiger partial charge in [-0.05, 0) is 43.3 Å². The van der Waals surface area contributed by atoms with Gasteiger partial charge in [0, 0.05) is 25.0 Å². The molecule has 0 aliphatic carbocycles. The number of benzene rings is 2. The van der Waals surface area contributed by atoms with Crippen LogP contribution in [0.15, 0.2) is 58.0 Å². The first-order chi connectivity index (χ1) is 15.7. The van der Waals surface area contributed by atoms with Gasteiger partial charge in [-0.2, -0.15) is 13.2 Å². The van der Waals surface area contributed by atoms with E-state index in [1.54, 1.807) is 6.07 Å². The smallest absolute Gasteiger partial charge is 0.417 e. The summed E-state index contributed by atoms with van der Waals surface area (Å²) in [5.41, 5.74) is 0.0150. The summed E-state index contributed by atoms with van der Waals surface area (Å²) in [4.78, 5) is 1.47. The number of morpholine rings is 1. The molecule has 1 fully saturated rings. The van der Waals surface area contributed by atoms with E-state index in [1.807, 2.05) is 0 Å². The monoisotopic (exact) mass is 483 g/mol. The standard InChI is InChI=1S/C22H24F3N3O4S/c23-22(24,25)18-4-1-2-5-20(18)33(29,30)27-17-14-16-6-11-32-21(16)19(15-17)26-7-3-8-28-9-12-31-13-10-28/h1-2,4-6,11,14-15,26-27H,3,7-10,12-13H2. The van der Waals surface area contributed by atoms with Gasteiger partial charge in [-0.3, -0.25) is 9.62 Å². The fourth-order valence-electron chi connectivity index (χ4n) is 3.77. The van der Waals surface area contributed by atoms with Crippen molar-refractivity contribution in [1.29, 1.82) is 0 Å². The van der Waals surface area contributed by atoms with E-state index in [2.05, 4.69) is 14.9 Å². The molecule has 4 rings (SSSR count). The number of sulfonamides is 1. The number of nitrogens with one attached hydrogen (secondary N) is 2. The maximum absolute atomic E-state index is 13.3. The Bertz CT molecular complexity index is 1210. The Morgan fingerprint density at radius 2 is 1.82 bits per heavy atom. The first-order valence-corrected chi connectivity index (χ1v) is 12.0. The normalized spacial score (nSPS) is 15.6. The van der Waals surface area contributed by atoms with Gasteiger partial charge in [-0.25, -0.2) is 8.42 Å². The van der Waals surface area contributed by atoms with Crippen molar-refractivity contribution in [3.63, 3.8) is 0 Å². The maximum Gasteiger partial charge on any atom is 0.417 e. The lowest BCUT2D eigenvalue weighted by atomic mass is 10.2. The van der Waals surface area contributed by atoms with Crippen LogP contribution >= 0.6 is 0 Å². The fourth-order valence-corrected chi connectivity index (χ4v) is 5.04. The van der Waals surface area contributed by atoms with Crippen LogP contribution in [0.1, 0.15) is 12.0 Å². The summed E-state index contributed by atoms with van der Waals surface area (Å²) < 4.78 is 78.8. The maximum atomic E-state index is 13.3. The largest absolute Gasteiger partial charge is 0.462 e. The van der Waals surface area contributed by atoms with Gasteiger partial charge in [0.15, 0.2) is 5.58 Å². The van der Waals surface area contributed by atoms with Crippen molar-refractivity contribution < 1.29 is 30.7 Å². The Hall–Kier alpha value is -2.76. The second kappa shape index (κ2) is 9.62. The van der Waals surface area contributed by atoms with Crippen molar-refractivity contribution in [1.82, 2.24) is 4.90 Å². The number of anilines is 2. The van der Waals surface area contributed by atoms with Crippen LogP contribution < -0.4 is 10.0 Å². The fraction of sp³-hybridized carbons (Fsp3) is 0.364. The van der Waals surface area contributed by atoms with E-state index in [4.69, 9.17) is 9.15 Å². The predicted octanol–water partition coefficient (Wildman–Crippen LogP) is 4.39. The minimum atomic E-state index is -4.80. The van der Waals surface area contributed by atoms with E-state index >= 15 is 0 Å². The molecule has 0 radical (unpaired) electrons. The second-order valence-electron chi connectivity index (χ2n) is 7.70. The van der Waals surface area contributed by atoms with Gasteiger partial charge in [0.05, 0.1) is 41.3 Å². The molecule has 1 aliphatic heterocycles. The van der Waals surface area contributed by atoms with E-state index in [-0.39, 0.29) is 5.69 Å². The Kier molecular flexibility index (Phi) is 6.82. The molecule has 0 atom stereocenters. The highest BCUT2D eigenvalue weighted by molar-refractivity contribution is 7.92. The number of ether oxygens (including phenoxy) is 1. The summed E-state index contributed by atoms with van der Waals surface area (Å²) in [6.45, 7) is 4.72. The van der Waals surface area contributed by atoms with Gasteiger partial charge >= 0.3 is 6.18 Å². The van der Waals surface area contributed by atoms with E-state index < -0.39 is 26.7 Å². The third-order valence-corrected chi connectivity index (χ3v) is 6.80. The molecule has 0 saturated carbocycles. The molecular weight excluding hydrogens is 459 g/mol. The van der Waals surface area contributed by atoms with Crippen LogP contribution in [0.2, 0.25) is 0 Å². The highest BCUT2D eigenvalue weighted by Crippen LogP contribution is 2.35. The van der Waals surface area contributed by atoms with Crippen molar-refractivity contribution in [2.75, 3.05) is 49.4 Å². The van der Waals surface area contributed by atoms with Gasteiger partial charge in [0.1, 0.15) is 0 Å². The Morgan fingerprint density at radius 3 is 2.58 bits per heavy atom. The molecule has 2 aromatic carbocycles. The van der Waals surface area contributed by atoms with Gasteiger partial charge in [0.2, 0.25) is 0 Å². The van der Waals surface area contributed by atoms with Gasteiger partial charge in [-0.15, -0.1) is 0 Å². The molecule has 0 unspecified atom stereocenters. The number of furan rings is 1. The third kappa shape index (κ3) is 5.60. The van der Waals surface area contributed by atoms with Crippen LogP contribution in [0.5, 0.6) is 0 Å². The zero-order chi connectivity index (χ0) is 23.5. The summed E-state index contributed by atoms with van der Waals surface area (Å²) in [6.07, 6.45) is -2.48. The summed E-state index contributed by atoms with van der Waals surface area (Å²) in [5, 5.41) is 3.87. The molecule has 33 heavy (non-hydrogen) atoms. The van der Waals surface area contributed by atoms with E-state index in [1.165, 1.54) is 24.5 Å². The number of hydrogen-bond acceptors (Lipinski definition) is 6. The van der Waals surface area contributed by atoms with E-state index in [9.17, 15) is 21.6 Å². The molecule has 2 N–H and O–H groups in total. The van der Waals surface area contributed by atoms with Gasteiger partial charge in [-0.1, -0.05) is 12.1 Å². The zero-order valence-corrected chi connectivity index (χ0v) is 18.5. The second-order valence-corrected chi connectivity index (χ2v) is 9.35. The van der Waals surface area contributed by atoms with Crippen LogP contribution in [0.3, 0.4) is 0 Å². The molecule has 3 aromatic rings. The minimum absolute atomic E-state index is 0.136. The SMILES string of the molecule is O=S(=O)(Nc1cc(NCCCN2CCOCC2)c2occc2c1)c1ccccc1C(F)(F)F. The van der Waals surface area contributed by atoms with Crippen LogP contribution in [0.4, 0.5) is 24.5 Å². The number of halogens is 3. The summed E-state index contributed by atoms with van der Waals surface area (Å²) in [5.74, 6) is 0. The predicted molar refractivity (Wildman–Crippen MR) is 119 cm³/mol.